The van der Waals surface area contributed by atoms with Gasteiger partial charge in [0, 0.05) is 23.0 Å². The summed E-state index contributed by atoms with van der Waals surface area (Å²) in [4.78, 5) is 26.8. The number of hydrogen-bond acceptors (Lipinski definition) is 5. The number of rotatable bonds is 4. The van der Waals surface area contributed by atoms with Gasteiger partial charge in [0.2, 0.25) is 5.91 Å². The third-order valence-corrected chi connectivity index (χ3v) is 6.44. The fourth-order valence-corrected chi connectivity index (χ4v) is 4.84. The smallest absolute Gasteiger partial charge is 0.255 e. The van der Waals surface area contributed by atoms with E-state index in [1.807, 2.05) is 30.3 Å². The van der Waals surface area contributed by atoms with Crippen LogP contribution in [0.1, 0.15) is 21.3 Å². The topological polar surface area (TPSA) is 67.9 Å². The molecule has 0 aliphatic carbocycles. The van der Waals surface area contributed by atoms with Crippen molar-refractivity contribution in [3.63, 3.8) is 0 Å². The molecule has 32 heavy (non-hydrogen) atoms. The summed E-state index contributed by atoms with van der Waals surface area (Å²) in [5.74, 6) is 0.999. The summed E-state index contributed by atoms with van der Waals surface area (Å²) < 4.78 is 24.3. The first kappa shape index (κ1) is 20.4. The summed E-state index contributed by atoms with van der Waals surface area (Å²) in [6.07, 6.45) is 0. The molecule has 3 aromatic carbocycles. The van der Waals surface area contributed by atoms with Gasteiger partial charge in [0.25, 0.3) is 5.91 Å². The van der Waals surface area contributed by atoms with Crippen LogP contribution < -0.4 is 19.7 Å². The highest BCUT2D eigenvalue weighted by atomic mass is 32.2. The number of hydrogen-bond donors (Lipinski definition) is 1. The third kappa shape index (κ3) is 4.01. The highest BCUT2D eigenvalue weighted by Gasteiger charge is 2.34. The van der Waals surface area contributed by atoms with Crippen LogP contribution >= 0.6 is 11.8 Å². The van der Waals surface area contributed by atoms with Crippen molar-refractivity contribution in [1.82, 2.24) is 0 Å². The molecule has 2 aliphatic rings. The Morgan fingerprint density at radius 3 is 2.44 bits per heavy atom. The molecule has 2 aliphatic heterocycles. The number of nitrogens with zero attached hydrogens (tertiary/aromatic N) is 1. The molecule has 8 heteroatoms. The van der Waals surface area contributed by atoms with E-state index in [1.54, 1.807) is 28.8 Å². The van der Waals surface area contributed by atoms with Gasteiger partial charge >= 0.3 is 0 Å². The molecule has 1 saturated heterocycles. The maximum atomic E-state index is 13.1. The second-order valence-corrected chi connectivity index (χ2v) is 8.41. The van der Waals surface area contributed by atoms with Gasteiger partial charge in [-0.3, -0.25) is 14.5 Å². The first-order valence-electron chi connectivity index (χ1n) is 10.1. The van der Waals surface area contributed by atoms with E-state index in [0.29, 0.717) is 41.7 Å². The van der Waals surface area contributed by atoms with Crippen LogP contribution in [0, 0.1) is 5.82 Å². The number of nitrogens with one attached hydrogen (secondary N) is 1. The molecule has 2 heterocycles. The Hall–Kier alpha value is -3.52. The summed E-state index contributed by atoms with van der Waals surface area (Å²) in [6, 6.07) is 18.3. The van der Waals surface area contributed by atoms with Crippen molar-refractivity contribution in [2.75, 3.05) is 29.2 Å². The predicted octanol–water partition coefficient (Wildman–Crippen LogP) is 4.63. The lowest BCUT2D eigenvalue weighted by Crippen LogP contribution is -2.28. The van der Waals surface area contributed by atoms with Gasteiger partial charge in [0.15, 0.2) is 11.5 Å². The van der Waals surface area contributed by atoms with Gasteiger partial charge in [-0.2, -0.15) is 0 Å². The first-order chi connectivity index (χ1) is 15.6. The Labute approximate surface area is 188 Å². The van der Waals surface area contributed by atoms with Gasteiger partial charge in [-0.1, -0.05) is 12.1 Å². The molecule has 2 amide bonds. The molecule has 1 fully saturated rings. The normalized spacial score (nSPS) is 17.3. The number of halogens is 1. The van der Waals surface area contributed by atoms with Crippen molar-refractivity contribution < 1.29 is 23.5 Å². The van der Waals surface area contributed by atoms with Gasteiger partial charge in [0.1, 0.15) is 24.4 Å². The van der Waals surface area contributed by atoms with Crippen molar-refractivity contribution in [3.8, 4) is 11.5 Å². The molecule has 1 unspecified atom stereocenters. The SMILES string of the molecule is O=C(Nc1ccc(C2SCC(=O)N2c2ccc3c(c2)OCCO3)cc1)c1ccc(F)cc1. The second-order valence-electron chi connectivity index (χ2n) is 7.34. The molecule has 1 atom stereocenters. The van der Waals surface area contributed by atoms with Crippen molar-refractivity contribution in [1.29, 1.82) is 0 Å². The molecule has 3 aromatic rings. The quantitative estimate of drug-likeness (QED) is 0.628. The summed E-state index contributed by atoms with van der Waals surface area (Å²) >= 11 is 1.54. The fourth-order valence-electron chi connectivity index (χ4n) is 3.67. The lowest BCUT2D eigenvalue weighted by molar-refractivity contribution is -0.115. The highest BCUT2D eigenvalue weighted by molar-refractivity contribution is 8.00. The van der Waals surface area contributed by atoms with E-state index in [0.717, 1.165) is 11.3 Å². The van der Waals surface area contributed by atoms with Crippen LogP contribution in [0.4, 0.5) is 15.8 Å². The zero-order chi connectivity index (χ0) is 22.1. The Bertz CT molecular complexity index is 1170. The Balaban J connectivity index is 1.34. The predicted molar refractivity (Wildman–Crippen MR) is 121 cm³/mol. The van der Waals surface area contributed by atoms with Gasteiger partial charge < -0.3 is 14.8 Å². The standard InChI is InChI=1S/C24H19FN2O4S/c25-17-5-1-15(2-6-17)23(29)26-18-7-3-16(4-8-18)24-27(22(28)14-32-24)19-9-10-20-21(13-19)31-12-11-30-20/h1-10,13,24H,11-12,14H2,(H,26,29). The number of thioether (sulfide) groups is 1. The van der Waals surface area contributed by atoms with Gasteiger partial charge in [-0.05, 0) is 54.1 Å². The summed E-state index contributed by atoms with van der Waals surface area (Å²) in [6.45, 7) is 0.991. The van der Waals surface area contributed by atoms with E-state index in [1.165, 1.54) is 24.3 Å². The second kappa shape index (κ2) is 8.55. The van der Waals surface area contributed by atoms with Crippen LogP contribution in [0.3, 0.4) is 0 Å². The van der Waals surface area contributed by atoms with E-state index in [-0.39, 0.29) is 17.2 Å². The van der Waals surface area contributed by atoms with Gasteiger partial charge in [0.05, 0.1) is 5.75 Å². The molecule has 0 saturated carbocycles. The Morgan fingerprint density at radius 2 is 1.69 bits per heavy atom. The molecular formula is C24H19FN2O4S. The summed E-state index contributed by atoms with van der Waals surface area (Å²) in [5.41, 5.74) is 2.68. The Kier molecular flexibility index (Phi) is 5.45. The molecular weight excluding hydrogens is 431 g/mol. The Morgan fingerprint density at radius 1 is 0.969 bits per heavy atom. The number of anilines is 2. The van der Waals surface area contributed by atoms with Crippen LogP contribution in [-0.2, 0) is 4.79 Å². The van der Waals surface area contributed by atoms with E-state index in [4.69, 9.17) is 9.47 Å². The zero-order valence-electron chi connectivity index (χ0n) is 16.9. The largest absolute Gasteiger partial charge is 0.486 e. The van der Waals surface area contributed by atoms with Crippen molar-refractivity contribution in [2.45, 2.75) is 5.37 Å². The van der Waals surface area contributed by atoms with Crippen molar-refractivity contribution >= 4 is 35.0 Å². The molecule has 6 nitrogen and oxygen atoms in total. The molecule has 0 aromatic heterocycles. The number of carbonyl (C=O) groups is 2. The van der Waals surface area contributed by atoms with Crippen LogP contribution in [0.5, 0.6) is 11.5 Å². The minimum Gasteiger partial charge on any atom is -0.486 e. The van der Waals surface area contributed by atoms with E-state index < -0.39 is 5.82 Å². The third-order valence-electron chi connectivity index (χ3n) is 5.23. The van der Waals surface area contributed by atoms with Crippen LogP contribution in [0.2, 0.25) is 0 Å². The van der Waals surface area contributed by atoms with E-state index >= 15 is 0 Å². The lowest BCUT2D eigenvalue weighted by Gasteiger charge is -2.26. The zero-order valence-corrected chi connectivity index (χ0v) is 17.7. The number of fused-ring (bicyclic) bond motifs is 1. The summed E-state index contributed by atoms with van der Waals surface area (Å²) in [7, 11) is 0. The van der Waals surface area contributed by atoms with Gasteiger partial charge in [-0.25, -0.2) is 4.39 Å². The maximum absolute atomic E-state index is 13.1. The average Bonchev–Trinajstić information content (AvgIpc) is 3.21. The molecule has 5 rings (SSSR count). The minimum atomic E-state index is -0.392. The first-order valence-corrected chi connectivity index (χ1v) is 11.1. The molecule has 0 spiro atoms. The lowest BCUT2D eigenvalue weighted by atomic mass is 10.1. The molecule has 1 N–H and O–H groups in total. The monoisotopic (exact) mass is 450 g/mol. The van der Waals surface area contributed by atoms with Crippen LogP contribution in [0.15, 0.2) is 66.7 Å². The molecule has 0 radical (unpaired) electrons. The number of amides is 2. The molecule has 0 bridgehead atoms. The van der Waals surface area contributed by atoms with Crippen LogP contribution in [0.25, 0.3) is 0 Å². The summed E-state index contributed by atoms with van der Waals surface area (Å²) in [5, 5.41) is 2.61. The minimum absolute atomic E-state index is 0.0189. The maximum Gasteiger partial charge on any atom is 0.255 e. The van der Waals surface area contributed by atoms with Crippen molar-refractivity contribution in [2.24, 2.45) is 0 Å². The number of ether oxygens (including phenoxy) is 2. The van der Waals surface area contributed by atoms with E-state index in [9.17, 15) is 14.0 Å². The number of carbonyl (C=O) groups excluding carboxylic acids is 2. The van der Waals surface area contributed by atoms with Crippen LogP contribution in [-0.4, -0.2) is 30.8 Å². The van der Waals surface area contributed by atoms with E-state index in [2.05, 4.69) is 5.32 Å². The average molecular weight is 450 g/mol. The fraction of sp³-hybridized carbons (Fsp3) is 0.167. The number of benzene rings is 3. The highest BCUT2D eigenvalue weighted by Crippen LogP contribution is 2.44. The van der Waals surface area contributed by atoms with Crippen molar-refractivity contribution in [3.05, 3.63) is 83.7 Å². The van der Waals surface area contributed by atoms with Gasteiger partial charge in [-0.15, -0.1) is 11.8 Å². The molecule has 162 valence electrons.